The molecular weight excluding hydrogens is 216 g/mol. The summed E-state index contributed by atoms with van der Waals surface area (Å²) < 4.78 is 10.5. The molecule has 6 unspecified atom stereocenters. The number of aliphatic hydroxyl groups is 4. The normalized spacial score (nSPS) is 51.6. The maximum atomic E-state index is 10.1. The first-order valence-electron chi connectivity index (χ1n) is 5.44. The van der Waals surface area contributed by atoms with E-state index in [1.165, 1.54) is 0 Å². The molecule has 16 heavy (non-hydrogen) atoms. The van der Waals surface area contributed by atoms with Crippen LogP contribution in [0.15, 0.2) is 0 Å². The van der Waals surface area contributed by atoms with E-state index in [1.54, 1.807) is 0 Å². The van der Waals surface area contributed by atoms with Gasteiger partial charge in [-0.1, -0.05) is 0 Å². The summed E-state index contributed by atoms with van der Waals surface area (Å²) in [6.07, 6.45) is -3.17. The van der Waals surface area contributed by atoms with Gasteiger partial charge >= 0.3 is 0 Å². The summed E-state index contributed by atoms with van der Waals surface area (Å²) in [5, 5.41) is 38.5. The third-order valence-electron chi connectivity index (χ3n) is 3.34. The molecule has 6 heteroatoms. The van der Waals surface area contributed by atoms with Crippen molar-refractivity contribution in [3.63, 3.8) is 0 Å². The highest BCUT2D eigenvalue weighted by Crippen LogP contribution is 2.53. The fourth-order valence-electron chi connectivity index (χ4n) is 2.52. The van der Waals surface area contributed by atoms with E-state index in [-0.39, 0.29) is 6.10 Å². The third-order valence-corrected chi connectivity index (χ3v) is 3.34. The van der Waals surface area contributed by atoms with Crippen LogP contribution in [0.1, 0.15) is 13.8 Å². The third kappa shape index (κ3) is 1.49. The molecule has 6 nitrogen and oxygen atoms in total. The Morgan fingerprint density at radius 3 is 2.44 bits per heavy atom. The Kier molecular flexibility index (Phi) is 2.98. The van der Waals surface area contributed by atoms with Crippen LogP contribution in [0.2, 0.25) is 0 Å². The molecule has 1 heterocycles. The van der Waals surface area contributed by atoms with E-state index in [9.17, 15) is 15.3 Å². The smallest absolute Gasteiger partial charge is 0.186 e. The monoisotopic (exact) mass is 234 g/mol. The number of ether oxygens (including phenoxy) is 2. The van der Waals surface area contributed by atoms with Crippen molar-refractivity contribution in [1.82, 2.24) is 0 Å². The predicted molar refractivity (Wildman–Crippen MR) is 52.1 cm³/mol. The van der Waals surface area contributed by atoms with Crippen LogP contribution < -0.4 is 0 Å². The Bertz CT molecular complexity index is 270. The lowest BCUT2D eigenvalue weighted by Gasteiger charge is -2.49. The lowest BCUT2D eigenvalue weighted by molar-refractivity contribution is -0.443. The Labute approximate surface area is 93.4 Å². The number of fused-ring (bicyclic) bond motifs is 1. The maximum Gasteiger partial charge on any atom is 0.186 e. The fourth-order valence-corrected chi connectivity index (χ4v) is 2.52. The van der Waals surface area contributed by atoms with Crippen LogP contribution in [0.4, 0.5) is 0 Å². The van der Waals surface area contributed by atoms with Gasteiger partial charge in [0.1, 0.15) is 0 Å². The minimum atomic E-state index is -1.67. The SMILES string of the molecule is CC(C)OC1OC2(O)C(CO)C(O)C(O)C12. The molecule has 94 valence electrons. The van der Waals surface area contributed by atoms with E-state index in [1.807, 2.05) is 13.8 Å². The molecular formula is C10H18O6. The summed E-state index contributed by atoms with van der Waals surface area (Å²) >= 11 is 0. The zero-order valence-electron chi connectivity index (χ0n) is 9.28. The molecule has 2 aliphatic rings. The van der Waals surface area contributed by atoms with Crippen molar-refractivity contribution in [3.05, 3.63) is 0 Å². The Hall–Kier alpha value is -0.240. The van der Waals surface area contributed by atoms with Crippen LogP contribution >= 0.6 is 0 Å². The summed E-state index contributed by atoms with van der Waals surface area (Å²) in [5.74, 6) is -3.27. The van der Waals surface area contributed by atoms with E-state index in [2.05, 4.69) is 0 Å². The Balaban J connectivity index is 2.12. The molecule has 2 fully saturated rings. The van der Waals surface area contributed by atoms with Gasteiger partial charge in [-0.15, -0.1) is 0 Å². The van der Waals surface area contributed by atoms with Gasteiger partial charge < -0.3 is 29.9 Å². The maximum absolute atomic E-state index is 10.1. The molecule has 0 aromatic rings. The largest absolute Gasteiger partial charge is 0.396 e. The predicted octanol–water partition coefficient (Wildman–Crippen LogP) is -1.58. The van der Waals surface area contributed by atoms with Gasteiger partial charge in [-0.3, -0.25) is 0 Å². The molecule has 2 rings (SSSR count). The number of rotatable bonds is 3. The van der Waals surface area contributed by atoms with Gasteiger partial charge in [-0.2, -0.15) is 0 Å². The Morgan fingerprint density at radius 2 is 1.94 bits per heavy atom. The molecule has 0 amide bonds. The summed E-state index contributed by atoms with van der Waals surface area (Å²) in [5.41, 5.74) is 0. The molecule has 0 bridgehead atoms. The second kappa shape index (κ2) is 3.90. The lowest BCUT2D eigenvalue weighted by Crippen LogP contribution is -2.64. The fraction of sp³-hybridized carbons (Fsp3) is 1.00. The molecule has 0 aromatic carbocycles. The van der Waals surface area contributed by atoms with Crippen molar-refractivity contribution in [1.29, 1.82) is 0 Å². The van der Waals surface area contributed by atoms with Gasteiger partial charge in [-0.05, 0) is 13.8 Å². The lowest BCUT2D eigenvalue weighted by atomic mass is 9.89. The van der Waals surface area contributed by atoms with Gasteiger partial charge in [0.25, 0.3) is 0 Å². The average Bonchev–Trinajstić information content (AvgIpc) is 2.29. The molecule has 4 N–H and O–H groups in total. The second-order valence-corrected chi connectivity index (χ2v) is 4.72. The average molecular weight is 234 g/mol. The minimum absolute atomic E-state index is 0.105. The van der Waals surface area contributed by atoms with E-state index < -0.39 is 42.7 Å². The number of aliphatic hydroxyl groups excluding tert-OH is 3. The quantitative estimate of drug-likeness (QED) is 0.470. The Morgan fingerprint density at radius 1 is 1.31 bits per heavy atom. The molecule has 0 radical (unpaired) electrons. The minimum Gasteiger partial charge on any atom is -0.396 e. The molecule has 1 saturated carbocycles. The first kappa shape index (κ1) is 12.2. The van der Waals surface area contributed by atoms with Gasteiger partial charge in [0.2, 0.25) is 0 Å². The summed E-state index contributed by atoms with van der Waals surface area (Å²) in [6, 6.07) is 0. The standard InChI is InChI=1S/C10H18O6/c1-4(2)15-9-6-8(13)7(12)5(3-11)10(6,14)16-9/h4-9,11-14H,3H2,1-2H3. The van der Waals surface area contributed by atoms with Crippen molar-refractivity contribution in [2.45, 2.75) is 44.2 Å². The highest BCUT2D eigenvalue weighted by molar-refractivity contribution is 5.09. The summed E-state index contributed by atoms with van der Waals surface area (Å²) in [4.78, 5) is 0. The van der Waals surface area contributed by atoms with Crippen molar-refractivity contribution in [3.8, 4) is 0 Å². The van der Waals surface area contributed by atoms with Crippen molar-refractivity contribution >= 4 is 0 Å². The van der Waals surface area contributed by atoms with Gasteiger partial charge in [0.05, 0.1) is 36.8 Å². The molecule has 1 aliphatic heterocycles. The van der Waals surface area contributed by atoms with E-state index in [0.29, 0.717) is 0 Å². The van der Waals surface area contributed by atoms with Gasteiger partial charge in [-0.25, -0.2) is 0 Å². The van der Waals surface area contributed by atoms with Crippen LogP contribution in [0.25, 0.3) is 0 Å². The summed E-state index contributed by atoms with van der Waals surface area (Å²) in [7, 11) is 0. The van der Waals surface area contributed by atoms with Crippen LogP contribution in [0.3, 0.4) is 0 Å². The van der Waals surface area contributed by atoms with Crippen molar-refractivity contribution in [2.75, 3.05) is 6.61 Å². The zero-order valence-corrected chi connectivity index (χ0v) is 9.28. The highest BCUT2D eigenvalue weighted by Gasteiger charge is 2.71. The topological polar surface area (TPSA) is 99.4 Å². The molecule has 1 saturated heterocycles. The first-order chi connectivity index (χ1) is 7.41. The first-order valence-corrected chi connectivity index (χ1v) is 5.44. The van der Waals surface area contributed by atoms with E-state index in [0.717, 1.165) is 0 Å². The van der Waals surface area contributed by atoms with Gasteiger partial charge in [0.15, 0.2) is 12.1 Å². The molecule has 0 aromatic heterocycles. The van der Waals surface area contributed by atoms with E-state index >= 15 is 0 Å². The van der Waals surface area contributed by atoms with Crippen molar-refractivity contribution in [2.24, 2.45) is 11.8 Å². The second-order valence-electron chi connectivity index (χ2n) is 4.72. The zero-order chi connectivity index (χ0) is 12.1. The highest BCUT2D eigenvalue weighted by atomic mass is 16.8. The number of hydrogen-bond donors (Lipinski definition) is 4. The van der Waals surface area contributed by atoms with Crippen LogP contribution in [0, 0.1) is 11.8 Å². The molecule has 6 atom stereocenters. The van der Waals surface area contributed by atoms with E-state index in [4.69, 9.17) is 14.6 Å². The van der Waals surface area contributed by atoms with Crippen LogP contribution in [0.5, 0.6) is 0 Å². The van der Waals surface area contributed by atoms with Crippen LogP contribution in [-0.4, -0.2) is 57.4 Å². The van der Waals surface area contributed by atoms with Crippen molar-refractivity contribution < 1.29 is 29.9 Å². The molecule has 1 aliphatic carbocycles. The van der Waals surface area contributed by atoms with Gasteiger partial charge in [0, 0.05) is 0 Å². The molecule has 0 spiro atoms. The number of hydrogen-bond acceptors (Lipinski definition) is 6. The van der Waals surface area contributed by atoms with Crippen LogP contribution in [-0.2, 0) is 9.47 Å². The summed E-state index contributed by atoms with van der Waals surface area (Å²) in [6.45, 7) is 3.17.